The molecule has 0 amide bonds. The maximum Gasteiger partial charge on any atom is 0.130 e. The fourth-order valence-corrected chi connectivity index (χ4v) is 0.763. The van der Waals surface area contributed by atoms with Crippen LogP contribution in [-0.2, 0) is 7.05 Å². The average Bonchev–Trinajstić information content (AvgIpc) is 2.15. The monoisotopic (exact) mass is 155 g/mol. The summed E-state index contributed by atoms with van der Waals surface area (Å²) in [6.45, 7) is 1.84. The van der Waals surface area contributed by atoms with Gasteiger partial charge in [0.2, 0.25) is 0 Å². The zero-order valence-electron chi connectivity index (χ0n) is 5.96. The van der Waals surface area contributed by atoms with Crippen LogP contribution in [0.1, 0.15) is 6.92 Å². The molecule has 1 N–H and O–H groups in total. The molecule has 0 radical (unpaired) electrons. The van der Waals surface area contributed by atoms with Crippen molar-refractivity contribution in [3.8, 4) is 0 Å². The zero-order valence-corrected chi connectivity index (χ0v) is 6.77. The minimum atomic E-state index is 0.753. The van der Waals surface area contributed by atoms with Crippen LogP contribution in [0.3, 0.4) is 0 Å². The van der Waals surface area contributed by atoms with Crippen LogP contribution in [0.25, 0.3) is 0 Å². The lowest BCUT2D eigenvalue weighted by molar-refractivity contribution is 0.923. The van der Waals surface area contributed by atoms with Crippen LogP contribution in [0.15, 0.2) is 12.5 Å². The Morgan fingerprint density at radius 1 is 1.80 bits per heavy atom. The molecule has 3 nitrogen and oxygen atoms in total. The summed E-state index contributed by atoms with van der Waals surface area (Å²) in [4.78, 5) is 4.67. The SMILES string of the molecule is CC(=S)Nc1cncn1C. The van der Waals surface area contributed by atoms with Gasteiger partial charge in [-0.05, 0) is 6.92 Å². The van der Waals surface area contributed by atoms with E-state index >= 15 is 0 Å². The van der Waals surface area contributed by atoms with Gasteiger partial charge in [0.25, 0.3) is 0 Å². The molecule has 0 aliphatic heterocycles. The minimum Gasteiger partial charge on any atom is -0.335 e. The van der Waals surface area contributed by atoms with Crippen LogP contribution >= 0.6 is 12.2 Å². The number of hydrogen-bond donors (Lipinski definition) is 1. The molecular formula is C6H9N3S. The van der Waals surface area contributed by atoms with E-state index in [4.69, 9.17) is 12.2 Å². The van der Waals surface area contributed by atoms with Crippen molar-refractivity contribution in [2.24, 2.45) is 7.05 Å². The molecule has 0 aliphatic carbocycles. The van der Waals surface area contributed by atoms with Crippen molar-refractivity contribution in [2.45, 2.75) is 6.92 Å². The second-order valence-corrected chi connectivity index (χ2v) is 2.68. The van der Waals surface area contributed by atoms with Crippen LogP contribution in [0.5, 0.6) is 0 Å². The molecule has 0 aromatic carbocycles. The summed E-state index contributed by atoms with van der Waals surface area (Å²) >= 11 is 4.85. The summed E-state index contributed by atoms with van der Waals surface area (Å²) in [6.07, 6.45) is 3.45. The molecule has 0 spiro atoms. The molecular weight excluding hydrogens is 146 g/mol. The molecule has 0 saturated heterocycles. The third kappa shape index (κ3) is 1.54. The lowest BCUT2D eigenvalue weighted by Gasteiger charge is -2.01. The van der Waals surface area contributed by atoms with Gasteiger partial charge in [-0.3, -0.25) is 0 Å². The van der Waals surface area contributed by atoms with Gasteiger partial charge in [0.1, 0.15) is 5.82 Å². The Balaban J connectivity index is 2.74. The van der Waals surface area contributed by atoms with Crippen LogP contribution < -0.4 is 5.32 Å². The minimum absolute atomic E-state index is 0.753. The topological polar surface area (TPSA) is 29.9 Å². The van der Waals surface area contributed by atoms with Crippen molar-refractivity contribution >= 4 is 23.0 Å². The van der Waals surface area contributed by atoms with Crippen molar-refractivity contribution < 1.29 is 0 Å². The van der Waals surface area contributed by atoms with Crippen molar-refractivity contribution in [1.29, 1.82) is 0 Å². The molecule has 0 atom stereocenters. The van der Waals surface area contributed by atoms with Crippen molar-refractivity contribution in [1.82, 2.24) is 9.55 Å². The Morgan fingerprint density at radius 3 is 2.90 bits per heavy atom. The Bertz CT molecular complexity index is 241. The lowest BCUT2D eigenvalue weighted by atomic mass is 10.6. The summed E-state index contributed by atoms with van der Waals surface area (Å²) in [5.74, 6) is 0.924. The zero-order chi connectivity index (χ0) is 7.56. The molecule has 1 aromatic rings. The molecule has 0 unspecified atom stereocenters. The number of rotatable bonds is 1. The van der Waals surface area contributed by atoms with Crippen molar-refractivity contribution in [3.05, 3.63) is 12.5 Å². The standard InChI is InChI=1S/C6H9N3S/c1-5(10)8-6-3-7-4-9(6)2/h3-4H,1-2H3,(H,8,10). The number of thiocarbonyl (C=S) groups is 1. The van der Waals surface area contributed by atoms with E-state index in [9.17, 15) is 0 Å². The van der Waals surface area contributed by atoms with Gasteiger partial charge >= 0.3 is 0 Å². The highest BCUT2D eigenvalue weighted by Crippen LogP contribution is 2.02. The molecule has 1 aromatic heterocycles. The average molecular weight is 155 g/mol. The van der Waals surface area contributed by atoms with Crippen LogP contribution in [-0.4, -0.2) is 14.5 Å². The molecule has 0 bridgehead atoms. The summed E-state index contributed by atoms with van der Waals surface area (Å²) in [5.41, 5.74) is 0. The van der Waals surface area contributed by atoms with Gasteiger partial charge in [0.05, 0.1) is 17.5 Å². The van der Waals surface area contributed by atoms with Gasteiger partial charge in [-0.1, -0.05) is 12.2 Å². The van der Waals surface area contributed by atoms with Crippen molar-refractivity contribution in [2.75, 3.05) is 5.32 Å². The van der Waals surface area contributed by atoms with Gasteiger partial charge in [0, 0.05) is 7.05 Å². The molecule has 0 fully saturated rings. The molecule has 1 heterocycles. The largest absolute Gasteiger partial charge is 0.335 e. The lowest BCUT2D eigenvalue weighted by Crippen LogP contribution is -2.06. The summed E-state index contributed by atoms with van der Waals surface area (Å²) in [5, 5.41) is 2.98. The Morgan fingerprint density at radius 2 is 2.50 bits per heavy atom. The van der Waals surface area contributed by atoms with E-state index in [2.05, 4.69) is 10.3 Å². The van der Waals surface area contributed by atoms with E-state index in [1.165, 1.54) is 0 Å². The van der Waals surface area contributed by atoms with E-state index in [1.807, 2.05) is 18.5 Å². The van der Waals surface area contributed by atoms with Crippen LogP contribution in [0.2, 0.25) is 0 Å². The Labute approximate surface area is 65.1 Å². The number of aromatic nitrogens is 2. The Hall–Kier alpha value is -0.900. The van der Waals surface area contributed by atoms with Crippen LogP contribution in [0.4, 0.5) is 5.82 Å². The smallest absolute Gasteiger partial charge is 0.130 e. The predicted molar refractivity (Wildman–Crippen MR) is 45.1 cm³/mol. The summed E-state index contributed by atoms with van der Waals surface area (Å²) in [7, 11) is 1.91. The molecule has 0 aliphatic rings. The fourth-order valence-electron chi connectivity index (χ4n) is 0.658. The number of anilines is 1. The van der Waals surface area contributed by atoms with E-state index < -0.39 is 0 Å². The number of nitrogens with zero attached hydrogens (tertiary/aromatic N) is 2. The normalized spacial score (nSPS) is 9.40. The van der Waals surface area contributed by atoms with Crippen molar-refractivity contribution in [3.63, 3.8) is 0 Å². The third-order valence-electron chi connectivity index (χ3n) is 1.12. The number of aryl methyl sites for hydroxylation is 1. The first-order valence-corrected chi connectivity index (χ1v) is 3.35. The predicted octanol–water partition coefficient (Wildman–Crippen LogP) is 1.18. The highest BCUT2D eigenvalue weighted by atomic mass is 32.1. The summed E-state index contributed by atoms with van der Waals surface area (Å²) in [6, 6.07) is 0. The number of nitrogens with one attached hydrogen (secondary N) is 1. The van der Waals surface area contributed by atoms with Crippen LogP contribution in [0, 0.1) is 0 Å². The van der Waals surface area contributed by atoms with E-state index in [0.29, 0.717) is 0 Å². The summed E-state index contributed by atoms with van der Waals surface area (Å²) < 4.78 is 1.87. The van der Waals surface area contributed by atoms with Gasteiger partial charge < -0.3 is 9.88 Å². The third-order valence-corrected chi connectivity index (χ3v) is 1.22. The molecule has 54 valence electrons. The fraction of sp³-hybridized carbons (Fsp3) is 0.333. The van der Waals surface area contributed by atoms with E-state index in [-0.39, 0.29) is 0 Å². The maximum absolute atomic E-state index is 4.85. The second-order valence-electron chi connectivity index (χ2n) is 2.07. The first-order valence-electron chi connectivity index (χ1n) is 2.94. The quantitative estimate of drug-likeness (QED) is 0.618. The molecule has 10 heavy (non-hydrogen) atoms. The molecule has 0 saturated carbocycles. The first kappa shape index (κ1) is 7.21. The molecule has 1 rings (SSSR count). The van der Waals surface area contributed by atoms with E-state index in [1.54, 1.807) is 12.5 Å². The highest BCUT2D eigenvalue weighted by Gasteiger charge is 1.95. The molecule has 4 heteroatoms. The van der Waals surface area contributed by atoms with Gasteiger partial charge in [0.15, 0.2) is 0 Å². The maximum atomic E-state index is 4.85. The van der Waals surface area contributed by atoms with Gasteiger partial charge in [-0.25, -0.2) is 4.98 Å². The highest BCUT2D eigenvalue weighted by molar-refractivity contribution is 7.80. The van der Waals surface area contributed by atoms with Gasteiger partial charge in [-0.15, -0.1) is 0 Å². The number of hydrogen-bond acceptors (Lipinski definition) is 2. The van der Waals surface area contributed by atoms with Gasteiger partial charge in [-0.2, -0.15) is 0 Å². The second kappa shape index (κ2) is 2.79. The number of imidazole rings is 1. The first-order chi connectivity index (χ1) is 4.70. The Kier molecular flexibility index (Phi) is 2.01. The van der Waals surface area contributed by atoms with E-state index in [0.717, 1.165) is 10.8 Å².